The molecule has 0 saturated carbocycles. The van der Waals surface area contributed by atoms with E-state index in [1.165, 1.54) is 30.4 Å². The van der Waals surface area contributed by atoms with Crippen LogP contribution in [0.15, 0.2) is 41.5 Å². The fourth-order valence-corrected chi connectivity index (χ4v) is 3.60. The van der Waals surface area contributed by atoms with E-state index < -0.39 is 0 Å². The summed E-state index contributed by atoms with van der Waals surface area (Å²) in [5, 5.41) is 3.33. The first-order valence-corrected chi connectivity index (χ1v) is 10.1. The van der Waals surface area contributed by atoms with Crippen molar-refractivity contribution in [3.63, 3.8) is 0 Å². The molecule has 0 spiro atoms. The lowest BCUT2D eigenvalue weighted by Gasteiger charge is -2.27. The maximum Gasteiger partial charge on any atom is 0.193 e. The van der Waals surface area contributed by atoms with Crippen molar-refractivity contribution in [2.45, 2.75) is 52.5 Å². The Bertz CT molecular complexity index is 756. The Morgan fingerprint density at radius 2 is 1.81 bits per heavy atom. The van der Waals surface area contributed by atoms with Crippen LogP contribution in [0.25, 0.3) is 0 Å². The van der Waals surface area contributed by atoms with E-state index in [0.29, 0.717) is 12.5 Å². The molecule has 1 aliphatic heterocycles. The number of nitrogens with one attached hydrogen (secondary N) is 1. The van der Waals surface area contributed by atoms with Gasteiger partial charge in [-0.1, -0.05) is 32.0 Å². The smallest absolute Gasteiger partial charge is 0.193 e. The Labute approximate surface area is 162 Å². The Kier molecular flexibility index (Phi) is 6.69. The van der Waals surface area contributed by atoms with Crippen molar-refractivity contribution >= 4 is 17.5 Å². The lowest BCUT2D eigenvalue weighted by Crippen LogP contribution is -2.30. The first-order valence-electron chi connectivity index (χ1n) is 10.1. The number of piperidine rings is 1. The van der Waals surface area contributed by atoms with Crippen LogP contribution in [-0.2, 0) is 19.4 Å². The lowest BCUT2D eigenvalue weighted by atomic mass is 10.0. The Balaban J connectivity index is 1.69. The number of nitrogens with two attached hydrogens (primary N) is 1. The topological polar surface area (TPSA) is 66.5 Å². The zero-order chi connectivity index (χ0) is 19.1. The second-order valence-electron chi connectivity index (χ2n) is 7.05. The average Bonchev–Trinajstić information content (AvgIpc) is 2.73. The quantitative estimate of drug-likeness (QED) is 0.597. The van der Waals surface area contributed by atoms with Crippen LogP contribution in [-0.4, -0.2) is 24.0 Å². The summed E-state index contributed by atoms with van der Waals surface area (Å²) >= 11 is 0. The third-order valence-corrected chi connectivity index (χ3v) is 5.17. The number of guanidine groups is 1. The second kappa shape index (κ2) is 9.40. The molecule has 1 aromatic carbocycles. The standard InChI is InChI=1S/C22H31N5/c1-3-18-9-8-10-19(4-2)21(18)26-22(23)25-16-17-11-12-24-20(15-17)27-13-6-5-7-14-27/h8-12,15H,3-7,13-14,16H2,1-2H3,(H3,23,25,26). The molecule has 1 aromatic heterocycles. The van der Waals surface area contributed by atoms with E-state index in [-0.39, 0.29) is 0 Å². The number of benzene rings is 1. The van der Waals surface area contributed by atoms with Crippen molar-refractivity contribution in [1.29, 1.82) is 0 Å². The third kappa shape index (κ3) is 5.00. The number of rotatable bonds is 6. The molecule has 0 radical (unpaired) electrons. The largest absolute Gasteiger partial charge is 0.370 e. The van der Waals surface area contributed by atoms with Gasteiger partial charge in [0.1, 0.15) is 5.82 Å². The van der Waals surface area contributed by atoms with Crippen LogP contribution in [0.3, 0.4) is 0 Å². The molecule has 1 saturated heterocycles. The summed E-state index contributed by atoms with van der Waals surface area (Å²) in [6, 6.07) is 10.5. The summed E-state index contributed by atoms with van der Waals surface area (Å²) in [5.74, 6) is 1.51. The summed E-state index contributed by atoms with van der Waals surface area (Å²) in [6.45, 7) is 7.06. The Morgan fingerprint density at radius 3 is 2.48 bits per heavy atom. The minimum absolute atomic E-state index is 0.460. The molecule has 2 heterocycles. The van der Waals surface area contributed by atoms with E-state index in [2.05, 4.69) is 58.3 Å². The van der Waals surface area contributed by atoms with Crippen LogP contribution in [0.4, 0.5) is 11.5 Å². The zero-order valence-corrected chi connectivity index (χ0v) is 16.5. The first-order chi connectivity index (χ1) is 13.2. The van der Waals surface area contributed by atoms with Gasteiger partial charge in [-0.3, -0.25) is 0 Å². The van der Waals surface area contributed by atoms with Crippen LogP contribution >= 0.6 is 0 Å². The van der Waals surface area contributed by atoms with Crippen molar-refractivity contribution in [2.75, 3.05) is 23.3 Å². The number of hydrogen-bond donors (Lipinski definition) is 2. The molecular formula is C22H31N5. The highest BCUT2D eigenvalue weighted by molar-refractivity contribution is 5.93. The number of pyridine rings is 1. The average molecular weight is 366 g/mol. The van der Waals surface area contributed by atoms with Crippen molar-refractivity contribution in [3.8, 4) is 0 Å². The van der Waals surface area contributed by atoms with Gasteiger partial charge in [-0.05, 0) is 60.9 Å². The minimum atomic E-state index is 0.460. The van der Waals surface area contributed by atoms with Crippen LogP contribution in [0.2, 0.25) is 0 Å². The molecule has 0 atom stereocenters. The normalized spacial score (nSPS) is 15.0. The van der Waals surface area contributed by atoms with Gasteiger partial charge in [0.15, 0.2) is 5.96 Å². The molecule has 1 fully saturated rings. The highest BCUT2D eigenvalue weighted by atomic mass is 15.2. The Hall–Kier alpha value is -2.56. The summed E-state index contributed by atoms with van der Waals surface area (Å²) < 4.78 is 0. The van der Waals surface area contributed by atoms with Crippen molar-refractivity contribution in [1.82, 2.24) is 4.98 Å². The van der Waals surface area contributed by atoms with E-state index in [0.717, 1.165) is 43.0 Å². The summed E-state index contributed by atoms with van der Waals surface area (Å²) in [4.78, 5) is 11.5. The third-order valence-electron chi connectivity index (χ3n) is 5.17. The molecular weight excluding hydrogens is 334 g/mol. The van der Waals surface area contributed by atoms with Crippen molar-refractivity contribution < 1.29 is 0 Å². The van der Waals surface area contributed by atoms with Crippen LogP contribution in [0.1, 0.15) is 49.8 Å². The lowest BCUT2D eigenvalue weighted by molar-refractivity contribution is 0.573. The summed E-state index contributed by atoms with van der Waals surface area (Å²) in [5.41, 5.74) is 11.0. The number of para-hydroxylation sites is 1. The zero-order valence-electron chi connectivity index (χ0n) is 16.5. The number of aliphatic imine (C=N–C) groups is 1. The van der Waals surface area contributed by atoms with Crippen LogP contribution in [0, 0.1) is 0 Å². The number of anilines is 2. The van der Waals surface area contributed by atoms with E-state index in [1.807, 2.05) is 12.3 Å². The molecule has 3 N–H and O–H groups in total. The number of hydrogen-bond acceptors (Lipinski definition) is 3. The monoisotopic (exact) mass is 365 g/mol. The predicted molar refractivity (Wildman–Crippen MR) is 114 cm³/mol. The van der Waals surface area contributed by atoms with Gasteiger partial charge in [-0.15, -0.1) is 0 Å². The van der Waals surface area contributed by atoms with Gasteiger partial charge in [0.05, 0.1) is 6.54 Å². The maximum atomic E-state index is 6.19. The molecule has 5 nitrogen and oxygen atoms in total. The molecule has 5 heteroatoms. The van der Waals surface area contributed by atoms with Crippen LogP contribution < -0.4 is 16.0 Å². The molecule has 27 heavy (non-hydrogen) atoms. The van der Waals surface area contributed by atoms with Gasteiger partial charge in [-0.2, -0.15) is 0 Å². The molecule has 2 aromatic rings. The van der Waals surface area contributed by atoms with Gasteiger partial charge in [0.2, 0.25) is 0 Å². The van der Waals surface area contributed by atoms with E-state index in [9.17, 15) is 0 Å². The molecule has 0 aliphatic carbocycles. The molecule has 144 valence electrons. The maximum absolute atomic E-state index is 6.19. The van der Waals surface area contributed by atoms with Gasteiger partial charge >= 0.3 is 0 Å². The van der Waals surface area contributed by atoms with Gasteiger partial charge in [-0.25, -0.2) is 9.98 Å². The summed E-state index contributed by atoms with van der Waals surface area (Å²) in [6.07, 6.45) is 7.62. The summed E-state index contributed by atoms with van der Waals surface area (Å²) in [7, 11) is 0. The van der Waals surface area contributed by atoms with Gasteiger partial charge in [0, 0.05) is 25.0 Å². The number of aryl methyl sites for hydroxylation is 2. The molecule has 3 rings (SSSR count). The predicted octanol–water partition coefficient (Wildman–Crippen LogP) is 4.12. The van der Waals surface area contributed by atoms with Crippen LogP contribution in [0.5, 0.6) is 0 Å². The molecule has 0 bridgehead atoms. The Morgan fingerprint density at radius 1 is 1.11 bits per heavy atom. The molecule has 0 amide bonds. The van der Waals surface area contributed by atoms with Gasteiger partial charge < -0.3 is 16.0 Å². The number of nitrogens with zero attached hydrogens (tertiary/aromatic N) is 3. The fourth-order valence-electron chi connectivity index (χ4n) is 3.60. The number of aromatic nitrogens is 1. The second-order valence-corrected chi connectivity index (χ2v) is 7.05. The van der Waals surface area contributed by atoms with Crippen molar-refractivity contribution in [2.24, 2.45) is 10.7 Å². The first kappa shape index (κ1) is 19.2. The fraction of sp³-hybridized carbons (Fsp3) is 0.455. The van der Waals surface area contributed by atoms with E-state index >= 15 is 0 Å². The van der Waals surface area contributed by atoms with E-state index in [1.54, 1.807) is 0 Å². The minimum Gasteiger partial charge on any atom is -0.370 e. The van der Waals surface area contributed by atoms with Gasteiger partial charge in [0.25, 0.3) is 0 Å². The van der Waals surface area contributed by atoms with Crippen molar-refractivity contribution in [3.05, 3.63) is 53.2 Å². The van der Waals surface area contributed by atoms with E-state index in [4.69, 9.17) is 5.73 Å². The highest BCUT2D eigenvalue weighted by Gasteiger charge is 2.12. The molecule has 0 unspecified atom stereocenters. The molecule has 1 aliphatic rings. The SMILES string of the molecule is CCc1cccc(CC)c1NC(N)=NCc1ccnc(N2CCCCC2)c1. The highest BCUT2D eigenvalue weighted by Crippen LogP contribution is 2.22.